The zero-order chi connectivity index (χ0) is 23.7. The van der Waals surface area contributed by atoms with Crippen molar-refractivity contribution in [3.63, 3.8) is 0 Å². The van der Waals surface area contributed by atoms with Crippen molar-refractivity contribution in [3.8, 4) is 16.9 Å². The van der Waals surface area contributed by atoms with Gasteiger partial charge in [-0.15, -0.1) is 0 Å². The molecule has 0 aliphatic carbocycles. The first-order chi connectivity index (χ1) is 16.5. The highest BCUT2D eigenvalue weighted by Gasteiger charge is 2.28. The quantitative estimate of drug-likeness (QED) is 0.306. The Hall–Kier alpha value is -3.15. The summed E-state index contributed by atoms with van der Waals surface area (Å²) < 4.78 is 15.9. The average Bonchev–Trinajstić information content (AvgIpc) is 3.30. The molecule has 0 atom stereocenters. The smallest absolute Gasteiger partial charge is 0.274 e. The number of nitrogens with zero attached hydrogens (tertiary/aromatic N) is 3. The number of halogens is 3. The maximum Gasteiger partial charge on any atom is 0.274 e. The van der Waals surface area contributed by atoms with E-state index in [0.29, 0.717) is 47.4 Å². The summed E-state index contributed by atoms with van der Waals surface area (Å²) in [6, 6.07) is 23.4. The van der Waals surface area contributed by atoms with E-state index in [1.54, 1.807) is 39.9 Å². The van der Waals surface area contributed by atoms with Crippen LogP contribution < -0.4 is 0 Å². The Bertz CT molecular complexity index is 1330. The van der Waals surface area contributed by atoms with Crippen LogP contribution in [0.25, 0.3) is 16.9 Å². The molecule has 1 aliphatic rings. The fraction of sp³-hybridized carbons (Fsp3) is 0.185. The van der Waals surface area contributed by atoms with Gasteiger partial charge >= 0.3 is 0 Å². The van der Waals surface area contributed by atoms with E-state index < -0.39 is 0 Å². The van der Waals surface area contributed by atoms with E-state index in [2.05, 4.69) is 5.10 Å². The molecule has 0 radical (unpaired) electrons. The summed E-state index contributed by atoms with van der Waals surface area (Å²) in [5.41, 5.74) is 3.37. The molecule has 4 aromatic rings. The summed E-state index contributed by atoms with van der Waals surface area (Å²) >= 11 is 12.5. The van der Waals surface area contributed by atoms with Crippen LogP contribution in [0.1, 0.15) is 34.8 Å². The van der Waals surface area contributed by atoms with E-state index >= 15 is 0 Å². The Balaban J connectivity index is 1.43. The molecule has 1 saturated heterocycles. The molecule has 1 fully saturated rings. The monoisotopic (exact) mass is 493 g/mol. The van der Waals surface area contributed by atoms with Crippen molar-refractivity contribution in [3.05, 3.63) is 106 Å². The van der Waals surface area contributed by atoms with Crippen molar-refractivity contribution >= 4 is 29.1 Å². The van der Waals surface area contributed by atoms with Crippen LogP contribution in [-0.2, 0) is 0 Å². The van der Waals surface area contributed by atoms with Gasteiger partial charge in [0.05, 0.1) is 16.4 Å². The summed E-state index contributed by atoms with van der Waals surface area (Å²) in [4.78, 5) is 15.2. The number of piperidine rings is 1. The summed E-state index contributed by atoms with van der Waals surface area (Å²) in [5.74, 6) is -0.220. The minimum absolute atomic E-state index is 0.107. The highest BCUT2D eigenvalue weighted by molar-refractivity contribution is 6.32. The van der Waals surface area contributed by atoms with Gasteiger partial charge < -0.3 is 4.90 Å². The Morgan fingerprint density at radius 2 is 1.59 bits per heavy atom. The zero-order valence-corrected chi connectivity index (χ0v) is 19.8. The largest absolute Gasteiger partial charge is 0.337 e. The van der Waals surface area contributed by atoms with Crippen LogP contribution in [-0.4, -0.2) is 33.7 Å². The fourth-order valence-corrected chi connectivity index (χ4v) is 4.82. The molecule has 5 rings (SSSR count). The molecule has 1 amide bonds. The zero-order valence-electron chi connectivity index (χ0n) is 18.3. The molecule has 0 spiro atoms. The van der Waals surface area contributed by atoms with Crippen molar-refractivity contribution in [1.29, 1.82) is 0 Å². The molecule has 0 saturated carbocycles. The van der Waals surface area contributed by atoms with Crippen LogP contribution in [0.15, 0.2) is 78.9 Å². The molecule has 3 aromatic carbocycles. The molecule has 7 heteroatoms. The number of aromatic nitrogens is 2. The summed E-state index contributed by atoms with van der Waals surface area (Å²) in [7, 11) is 0. The lowest BCUT2D eigenvalue weighted by Crippen LogP contribution is -2.38. The topological polar surface area (TPSA) is 38.1 Å². The van der Waals surface area contributed by atoms with Crippen LogP contribution in [0, 0.1) is 5.82 Å². The molecule has 172 valence electrons. The highest BCUT2D eigenvalue weighted by Crippen LogP contribution is 2.32. The Kier molecular flexibility index (Phi) is 6.40. The first kappa shape index (κ1) is 22.6. The maximum absolute atomic E-state index is 14.2. The minimum atomic E-state index is -0.182. The molecule has 0 bridgehead atoms. The Morgan fingerprint density at radius 1 is 0.912 bits per heavy atom. The number of carbonyl (C=O) groups excluding carboxylic acids is 1. The number of hydrogen-bond acceptors (Lipinski definition) is 2. The number of likely N-dealkylation sites (tertiary alicyclic amines) is 1. The first-order valence-electron chi connectivity index (χ1n) is 11.2. The first-order valence-corrected chi connectivity index (χ1v) is 11.9. The van der Waals surface area contributed by atoms with E-state index in [-0.39, 0.29) is 17.6 Å². The van der Waals surface area contributed by atoms with Crippen molar-refractivity contribution in [2.75, 3.05) is 13.1 Å². The number of benzene rings is 3. The van der Waals surface area contributed by atoms with Crippen molar-refractivity contribution in [2.24, 2.45) is 0 Å². The molecule has 4 nitrogen and oxygen atoms in total. The van der Waals surface area contributed by atoms with Gasteiger partial charge in [0.15, 0.2) is 5.69 Å². The van der Waals surface area contributed by atoms with Crippen molar-refractivity contribution in [2.45, 2.75) is 18.8 Å². The molecule has 1 aromatic heterocycles. The van der Waals surface area contributed by atoms with Gasteiger partial charge in [-0.25, -0.2) is 9.07 Å². The molecule has 1 aliphatic heterocycles. The third-order valence-electron chi connectivity index (χ3n) is 6.28. The second-order valence-corrected chi connectivity index (χ2v) is 9.22. The number of hydrogen-bond donors (Lipinski definition) is 0. The van der Waals surface area contributed by atoms with Gasteiger partial charge in [-0.3, -0.25) is 4.79 Å². The van der Waals surface area contributed by atoms with Gasteiger partial charge in [-0.2, -0.15) is 5.10 Å². The SMILES string of the molecule is O=C(c1cc(-c2ccc(Cl)cc2)n(-c2ccccc2Cl)n1)N1CCC(c2ccccc2F)CC1. The number of amides is 1. The van der Waals surface area contributed by atoms with E-state index in [1.165, 1.54) is 6.07 Å². The molecular formula is C27H22Cl2FN3O. The van der Waals surface area contributed by atoms with E-state index in [0.717, 1.165) is 16.8 Å². The van der Waals surface area contributed by atoms with Crippen LogP contribution in [0.5, 0.6) is 0 Å². The van der Waals surface area contributed by atoms with E-state index in [1.807, 2.05) is 42.5 Å². The predicted molar refractivity (Wildman–Crippen MR) is 133 cm³/mol. The third kappa shape index (κ3) is 4.46. The van der Waals surface area contributed by atoms with Crippen molar-refractivity contribution < 1.29 is 9.18 Å². The minimum Gasteiger partial charge on any atom is -0.337 e. The highest BCUT2D eigenvalue weighted by atomic mass is 35.5. The summed E-state index contributed by atoms with van der Waals surface area (Å²) in [5, 5.41) is 5.81. The van der Waals surface area contributed by atoms with Gasteiger partial charge in [0.25, 0.3) is 5.91 Å². The standard InChI is InChI=1S/C27H22Cl2FN3O/c28-20-11-9-19(10-12-20)26-17-24(31-33(26)25-8-4-2-6-22(25)29)27(34)32-15-13-18(14-16-32)21-5-1-3-7-23(21)30/h1-12,17-18H,13-16H2. The Morgan fingerprint density at radius 3 is 2.29 bits per heavy atom. The van der Waals surface area contributed by atoms with Crippen molar-refractivity contribution in [1.82, 2.24) is 14.7 Å². The number of carbonyl (C=O) groups is 1. The fourth-order valence-electron chi connectivity index (χ4n) is 4.48. The van der Waals surface area contributed by atoms with Crippen LogP contribution in [0.3, 0.4) is 0 Å². The molecular weight excluding hydrogens is 472 g/mol. The average molecular weight is 494 g/mol. The van der Waals surface area contributed by atoms with Gasteiger partial charge in [0.2, 0.25) is 0 Å². The number of rotatable bonds is 4. The van der Waals surface area contributed by atoms with Gasteiger partial charge in [-0.05, 0) is 60.7 Å². The van der Waals surface area contributed by atoms with Crippen LogP contribution in [0.4, 0.5) is 4.39 Å². The molecule has 2 heterocycles. The van der Waals surface area contributed by atoms with Gasteiger partial charge in [0.1, 0.15) is 5.82 Å². The van der Waals surface area contributed by atoms with Crippen LogP contribution in [0.2, 0.25) is 10.0 Å². The number of para-hydroxylation sites is 1. The van der Waals surface area contributed by atoms with Crippen LogP contribution >= 0.6 is 23.2 Å². The second-order valence-electron chi connectivity index (χ2n) is 8.37. The second kappa shape index (κ2) is 9.61. The summed E-state index contributed by atoms with van der Waals surface area (Å²) in [6.07, 6.45) is 1.42. The third-order valence-corrected chi connectivity index (χ3v) is 6.85. The lowest BCUT2D eigenvalue weighted by atomic mass is 9.89. The normalized spacial score (nSPS) is 14.4. The molecule has 0 unspecified atom stereocenters. The maximum atomic E-state index is 14.2. The van der Waals surface area contributed by atoms with Gasteiger partial charge in [0, 0.05) is 23.7 Å². The van der Waals surface area contributed by atoms with Gasteiger partial charge in [-0.1, -0.05) is 65.7 Å². The van der Waals surface area contributed by atoms with E-state index in [9.17, 15) is 9.18 Å². The lowest BCUT2D eigenvalue weighted by molar-refractivity contribution is 0.0706. The predicted octanol–water partition coefficient (Wildman–Crippen LogP) is 7.01. The Labute approximate surface area is 207 Å². The molecule has 34 heavy (non-hydrogen) atoms. The molecule has 0 N–H and O–H groups in total. The lowest BCUT2D eigenvalue weighted by Gasteiger charge is -2.32. The van der Waals surface area contributed by atoms with E-state index in [4.69, 9.17) is 23.2 Å². The summed E-state index contributed by atoms with van der Waals surface area (Å²) in [6.45, 7) is 1.10.